The van der Waals surface area contributed by atoms with Gasteiger partial charge < -0.3 is 10.5 Å². The normalized spacial score (nSPS) is 19.2. The molecule has 0 radical (unpaired) electrons. The van der Waals surface area contributed by atoms with Crippen molar-refractivity contribution in [2.75, 3.05) is 0 Å². The van der Waals surface area contributed by atoms with Gasteiger partial charge in [0.15, 0.2) is 0 Å². The number of carbonyl (C=O) groups is 1. The standard InChI is InChI=1S/C3H7NOS/c1-3(4,6)2-5/h2,6H,4H2,1H3/t3-/m1/s1. The molecule has 0 heterocycles. The smallest absolute Gasteiger partial charge is 0.149 e. The highest BCUT2D eigenvalue weighted by Gasteiger charge is 2.06. The summed E-state index contributed by atoms with van der Waals surface area (Å²) in [6.45, 7) is 1.52. The van der Waals surface area contributed by atoms with Gasteiger partial charge in [0.1, 0.15) is 11.2 Å². The number of hydrogen-bond acceptors (Lipinski definition) is 3. The molecule has 0 aromatic carbocycles. The minimum atomic E-state index is -0.944. The summed E-state index contributed by atoms with van der Waals surface area (Å²) in [5.41, 5.74) is 5.03. The van der Waals surface area contributed by atoms with E-state index in [-0.39, 0.29) is 0 Å². The van der Waals surface area contributed by atoms with Crippen molar-refractivity contribution >= 4 is 18.9 Å². The van der Waals surface area contributed by atoms with Crippen LogP contribution in [0, 0.1) is 0 Å². The topological polar surface area (TPSA) is 43.1 Å². The highest BCUT2D eigenvalue weighted by molar-refractivity contribution is 7.82. The maximum Gasteiger partial charge on any atom is 0.149 e. The van der Waals surface area contributed by atoms with Gasteiger partial charge in [0.25, 0.3) is 0 Å². The van der Waals surface area contributed by atoms with E-state index in [1.807, 2.05) is 0 Å². The van der Waals surface area contributed by atoms with Gasteiger partial charge in [-0.25, -0.2) is 0 Å². The van der Waals surface area contributed by atoms with Crippen molar-refractivity contribution in [1.82, 2.24) is 0 Å². The highest BCUT2D eigenvalue weighted by atomic mass is 32.1. The average Bonchev–Trinajstić information content (AvgIpc) is 1.35. The largest absolute Gasteiger partial charge is 0.311 e. The molecule has 0 amide bonds. The molecule has 2 nitrogen and oxygen atoms in total. The zero-order valence-corrected chi connectivity index (χ0v) is 4.40. The Labute approximate surface area is 42.1 Å². The van der Waals surface area contributed by atoms with Crippen LogP contribution >= 0.6 is 12.6 Å². The van der Waals surface area contributed by atoms with Gasteiger partial charge in [-0.1, -0.05) is 0 Å². The van der Waals surface area contributed by atoms with Crippen LogP contribution < -0.4 is 5.73 Å². The monoisotopic (exact) mass is 105 g/mol. The van der Waals surface area contributed by atoms with Crippen LogP contribution in [0.1, 0.15) is 6.92 Å². The van der Waals surface area contributed by atoms with Crippen molar-refractivity contribution < 1.29 is 4.79 Å². The van der Waals surface area contributed by atoms with Crippen LogP contribution in [0.4, 0.5) is 0 Å². The molecule has 0 spiro atoms. The molecular weight excluding hydrogens is 98.1 g/mol. The molecule has 0 saturated heterocycles. The van der Waals surface area contributed by atoms with Crippen molar-refractivity contribution in [3.05, 3.63) is 0 Å². The first-order chi connectivity index (χ1) is 2.56. The SMILES string of the molecule is C[C@@](N)(S)C=O. The van der Waals surface area contributed by atoms with E-state index in [1.165, 1.54) is 6.92 Å². The Bertz CT molecular complexity index is 56.3. The minimum Gasteiger partial charge on any atom is -0.311 e. The lowest BCUT2D eigenvalue weighted by Crippen LogP contribution is -2.30. The van der Waals surface area contributed by atoms with E-state index in [9.17, 15) is 4.79 Å². The third-order valence-corrected chi connectivity index (χ3v) is 0.344. The Kier molecular flexibility index (Phi) is 1.61. The lowest BCUT2D eigenvalue weighted by atomic mass is 10.4. The Hall–Kier alpha value is -0.0200. The number of carbonyl (C=O) groups excluding carboxylic acids is 1. The molecule has 0 aliphatic heterocycles. The third kappa shape index (κ3) is 3.98. The lowest BCUT2D eigenvalue weighted by molar-refractivity contribution is -0.109. The van der Waals surface area contributed by atoms with E-state index in [1.54, 1.807) is 0 Å². The summed E-state index contributed by atoms with van der Waals surface area (Å²) in [6.07, 6.45) is 0.579. The van der Waals surface area contributed by atoms with Gasteiger partial charge in [-0.3, -0.25) is 0 Å². The second-order valence-corrected chi connectivity index (χ2v) is 2.31. The Morgan fingerprint density at radius 2 is 2.17 bits per heavy atom. The fraction of sp³-hybridized carbons (Fsp3) is 0.667. The second kappa shape index (κ2) is 1.62. The van der Waals surface area contributed by atoms with E-state index < -0.39 is 4.87 Å². The fourth-order valence-corrected chi connectivity index (χ4v) is 0. The van der Waals surface area contributed by atoms with Gasteiger partial charge >= 0.3 is 0 Å². The van der Waals surface area contributed by atoms with Crippen molar-refractivity contribution in [3.8, 4) is 0 Å². The van der Waals surface area contributed by atoms with Gasteiger partial charge in [0.05, 0.1) is 0 Å². The maximum absolute atomic E-state index is 9.62. The molecule has 0 unspecified atom stereocenters. The first-order valence-corrected chi connectivity index (χ1v) is 1.98. The summed E-state index contributed by atoms with van der Waals surface area (Å²) in [5, 5.41) is 0. The van der Waals surface area contributed by atoms with Crippen LogP contribution in [0.2, 0.25) is 0 Å². The van der Waals surface area contributed by atoms with E-state index >= 15 is 0 Å². The molecule has 6 heavy (non-hydrogen) atoms. The summed E-state index contributed by atoms with van der Waals surface area (Å²) in [4.78, 5) is 8.68. The molecule has 2 N–H and O–H groups in total. The summed E-state index contributed by atoms with van der Waals surface area (Å²) in [7, 11) is 0. The van der Waals surface area contributed by atoms with Gasteiger partial charge in [0.2, 0.25) is 0 Å². The third-order valence-electron chi connectivity index (χ3n) is 0.239. The number of rotatable bonds is 1. The van der Waals surface area contributed by atoms with Gasteiger partial charge in [-0.05, 0) is 6.92 Å². The van der Waals surface area contributed by atoms with E-state index in [4.69, 9.17) is 5.73 Å². The van der Waals surface area contributed by atoms with Crippen LogP contribution in [0.15, 0.2) is 0 Å². The minimum absolute atomic E-state index is 0.579. The van der Waals surface area contributed by atoms with E-state index in [0.29, 0.717) is 6.29 Å². The summed E-state index contributed by atoms with van der Waals surface area (Å²) < 4.78 is 0. The molecule has 0 aromatic heterocycles. The molecular formula is C3H7NOS. The van der Waals surface area contributed by atoms with Crippen LogP contribution in [0.5, 0.6) is 0 Å². The first-order valence-electron chi connectivity index (χ1n) is 1.54. The molecule has 0 saturated carbocycles. The van der Waals surface area contributed by atoms with Crippen LogP contribution in [0.25, 0.3) is 0 Å². The maximum atomic E-state index is 9.62. The van der Waals surface area contributed by atoms with Gasteiger partial charge in [-0.15, -0.1) is 0 Å². The van der Waals surface area contributed by atoms with E-state index in [0.717, 1.165) is 0 Å². The molecule has 0 aliphatic carbocycles. The zero-order chi connectivity index (χ0) is 5.21. The molecule has 3 heteroatoms. The molecule has 0 aliphatic rings. The molecule has 0 aromatic rings. The van der Waals surface area contributed by atoms with Crippen LogP contribution in [0.3, 0.4) is 0 Å². The van der Waals surface area contributed by atoms with Crippen molar-refractivity contribution in [3.63, 3.8) is 0 Å². The predicted molar refractivity (Wildman–Crippen MR) is 27.6 cm³/mol. The number of thiol groups is 1. The summed E-state index contributed by atoms with van der Waals surface area (Å²) >= 11 is 3.66. The van der Waals surface area contributed by atoms with E-state index in [2.05, 4.69) is 12.6 Å². The van der Waals surface area contributed by atoms with Crippen molar-refractivity contribution in [2.24, 2.45) is 5.73 Å². The number of hydrogen-bond donors (Lipinski definition) is 2. The highest BCUT2D eigenvalue weighted by Crippen LogP contribution is 1.95. The van der Waals surface area contributed by atoms with Crippen LogP contribution in [-0.4, -0.2) is 11.2 Å². The van der Waals surface area contributed by atoms with Crippen molar-refractivity contribution in [1.29, 1.82) is 0 Å². The van der Waals surface area contributed by atoms with Gasteiger partial charge in [-0.2, -0.15) is 12.6 Å². The summed E-state index contributed by atoms with van der Waals surface area (Å²) in [6, 6.07) is 0. The van der Waals surface area contributed by atoms with Gasteiger partial charge in [0, 0.05) is 0 Å². The molecule has 0 fully saturated rings. The first kappa shape index (κ1) is 5.98. The Balaban J connectivity index is 3.45. The molecule has 0 bridgehead atoms. The predicted octanol–water partition coefficient (Wildman–Crippen LogP) is -0.210. The molecule has 36 valence electrons. The molecule has 0 rings (SSSR count). The Morgan fingerprint density at radius 3 is 2.17 bits per heavy atom. The number of aldehydes is 1. The second-order valence-electron chi connectivity index (χ2n) is 1.34. The number of nitrogens with two attached hydrogens (primary N) is 1. The quantitative estimate of drug-likeness (QED) is 0.275. The Morgan fingerprint density at radius 1 is 2.00 bits per heavy atom. The lowest BCUT2D eigenvalue weighted by Gasteiger charge is -2.03. The summed E-state index contributed by atoms with van der Waals surface area (Å²) in [5.74, 6) is 0. The van der Waals surface area contributed by atoms with Crippen LogP contribution in [-0.2, 0) is 4.79 Å². The average molecular weight is 105 g/mol. The fourth-order valence-electron chi connectivity index (χ4n) is 0. The zero-order valence-electron chi connectivity index (χ0n) is 3.51. The van der Waals surface area contributed by atoms with Crippen molar-refractivity contribution in [2.45, 2.75) is 11.8 Å². The molecule has 1 atom stereocenters.